The van der Waals surface area contributed by atoms with Crippen molar-refractivity contribution in [3.63, 3.8) is 0 Å². The van der Waals surface area contributed by atoms with Gasteiger partial charge in [-0.2, -0.15) is 0 Å². The van der Waals surface area contributed by atoms with Gasteiger partial charge in [0.15, 0.2) is 5.82 Å². The van der Waals surface area contributed by atoms with Gasteiger partial charge in [-0.25, -0.2) is 19.3 Å². The van der Waals surface area contributed by atoms with Crippen molar-refractivity contribution >= 4 is 0 Å². The summed E-state index contributed by atoms with van der Waals surface area (Å²) in [5.74, 6) is 0.238. The monoisotopic (exact) mass is 189 g/mol. The van der Waals surface area contributed by atoms with Crippen LogP contribution < -0.4 is 0 Å². The van der Waals surface area contributed by atoms with Crippen molar-refractivity contribution in [2.24, 2.45) is 0 Å². The van der Waals surface area contributed by atoms with E-state index in [2.05, 4.69) is 15.0 Å². The second-order valence-corrected chi connectivity index (χ2v) is 2.93. The summed E-state index contributed by atoms with van der Waals surface area (Å²) in [6.07, 6.45) is 2.78. The molecule has 0 amide bonds. The van der Waals surface area contributed by atoms with Crippen molar-refractivity contribution in [2.75, 3.05) is 0 Å². The molecule has 0 radical (unpaired) electrons. The van der Waals surface area contributed by atoms with E-state index in [1.807, 2.05) is 0 Å². The highest BCUT2D eigenvalue weighted by molar-refractivity contribution is 5.54. The topological polar surface area (TPSA) is 38.7 Å². The van der Waals surface area contributed by atoms with Crippen molar-refractivity contribution in [1.29, 1.82) is 0 Å². The number of halogens is 1. The summed E-state index contributed by atoms with van der Waals surface area (Å²) in [6, 6.07) is 4.91. The van der Waals surface area contributed by atoms with Crippen LogP contribution in [0.2, 0.25) is 0 Å². The highest BCUT2D eigenvalue weighted by Gasteiger charge is 2.03. The molecule has 2 aromatic rings. The number of rotatable bonds is 1. The van der Waals surface area contributed by atoms with Crippen molar-refractivity contribution in [3.8, 4) is 11.4 Å². The summed E-state index contributed by atoms with van der Waals surface area (Å²) in [7, 11) is 0. The van der Waals surface area contributed by atoms with E-state index in [-0.39, 0.29) is 5.82 Å². The summed E-state index contributed by atoms with van der Waals surface area (Å²) in [5, 5.41) is 0. The van der Waals surface area contributed by atoms with Crippen LogP contribution in [0, 0.1) is 12.7 Å². The number of nitrogens with zero attached hydrogens (tertiary/aromatic N) is 3. The Morgan fingerprint density at radius 2 is 1.86 bits per heavy atom. The zero-order chi connectivity index (χ0) is 9.97. The third kappa shape index (κ3) is 1.59. The lowest BCUT2D eigenvalue weighted by Crippen LogP contribution is -1.90. The van der Waals surface area contributed by atoms with Gasteiger partial charge in [0.05, 0.1) is 0 Å². The zero-order valence-electron chi connectivity index (χ0n) is 7.61. The summed E-state index contributed by atoms with van der Waals surface area (Å²) in [4.78, 5) is 11.6. The molecule has 0 aliphatic heterocycles. The number of aromatic nitrogens is 3. The molecule has 0 bridgehead atoms. The lowest BCUT2D eigenvalue weighted by atomic mass is 10.1. The molecule has 0 fully saturated rings. The molecule has 0 N–H and O–H groups in total. The van der Waals surface area contributed by atoms with Gasteiger partial charge in [0.1, 0.15) is 18.5 Å². The SMILES string of the molecule is Cc1ccc(-c2ncncn2)cc1F. The molecule has 3 nitrogen and oxygen atoms in total. The number of hydrogen-bond acceptors (Lipinski definition) is 3. The largest absolute Gasteiger partial charge is 0.225 e. The summed E-state index contributed by atoms with van der Waals surface area (Å²) < 4.78 is 13.2. The predicted octanol–water partition coefficient (Wildman–Crippen LogP) is 1.99. The van der Waals surface area contributed by atoms with Crippen LogP contribution in [0.3, 0.4) is 0 Å². The van der Waals surface area contributed by atoms with Gasteiger partial charge < -0.3 is 0 Å². The van der Waals surface area contributed by atoms with Gasteiger partial charge in [-0.05, 0) is 18.6 Å². The second-order valence-electron chi connectivity index (χ2n) is 2.93. The molecule has 0 aliphatic carbocycles. The summed E-state index contributed by atoms with van der Waals surface area (Å²) >= 11 is 0. The number of benzene rings is 1. The smallest absolute Gasteiger partial charge is 0.162 e. The second kappa shape index (κ2) is 3.49. The standard InChI is InChI=1S/C10H8FN3/c1-7-2-3-8(4-9(7)11)10-13-5-12-6-14-10/h2-6H,1H3. The summed E-state index contributed by atoms with van der Waals surface area (Å²) in [6.45, 7) is 1.71. The van der Waals surface area contributed by atoms with Crippen molar-refractivity contribution in [2.45, 2.75) is 6.92 Å². The molecule has 0 saturated carbocycles. The van der Waals surface area contributed by atoms with E-state index in [9.17, 15) is 4.39 Å². The fraction of sp³-hybridized carbons (Fsp3) is 0.100. The maximum atomic E-state index is 13.2. The molecule has 0 unspecified atom stereocenters. The average Bonchev–Trinajstić information content (AvgIpc) is 2.23. The molecule has 70 valence electrons. The van der Waals surface area contributed by atoms with Crippen LogP contribution in [0.4, 0.5) is 4.39 Å². The number of hydrogen-bond donors (Lipinski definition) is 0. The van der Waals surface area contributed by atoms with Crippen LogP contribution in [-0.4, -0.2) is 15.0 Å². The van der Waals surface area contributed by atoms with Crippen LogP contribution >= 0.6 is 0 Å². The van der Waals surface area contributed by atoms with Gasteiger partial charge in [-0.15, -0.1) is 0 Å². The first-order valence-corrected chi connectivity index (χ1v) is 4.16. The Morgan fingerprint density at radius 3 is 2.50 bits per heavy atom. The van der Waals surface area contributed by atoms with Gasteiger partial charge in [0.25, 0.3) is 0 Å². The van der Waals surface area contributed by atoms with E-state index in [1.165, 1.54) is 18.7 Å². The van der Waals surface area contributed by atoms with Crippen molar-refractivity contribution in [1.82, 2.24) is 15.0 Å². The van der Waals surface area contributed by atoms with Gasteiger partial charge in [-0.1, -0.05) is 12.1 Å². The molecule has 0 saturated heterocycles. The van der Waals surface area contributed by atoms with Gasteiger partial charge in [0, 0.05) is 5.56 Å². The Labute approximate surface area is 80.7 Å². The molecule has 0 atom stereocenters. The van der Waals surface area contributed by atoms with E-state index in [1.54, 1.807) is 19.1 Å². The maximum absolute atomic E-state index is 13.2. The quantitative estimate of drug-likeness (QED) is 0.688. The highest BCUT2D eigenvalue weighted by Crippen LogP contribution is 2.16. The van der Waals surface area contributed by atoms with E-state index in [4.69, 9.17) is 0 Å². The minimum absolute atomic E-state index is 0.247. The lowest BCUT2D eigenvalue weighted by Gasteiger charge is -2.00. The normalized spacial score (nSPS) is 10.1. The summed E-state index contributed by atoms with van der Waals surface area (Å²) in [5.41, 5.74) is 1.28. The van der Waals surface area contributed by atoms with Crippen LogP contribution in [0.5, 0.6) is 0 Å². The molecule has 4 heteroatoms. The molecule has 1 heterocycles. The molecule has 14 heavy (non-hydrogen) atoms. The van der Waals surface area contributed by atoms with E-state index < -0.39 is 0 Å². The van der Waals surface area contributed by atoms with E-state index >= 15 is 0 Å². The highest BCUT2D eigenvalue weighted by atomic mass is 19.1. The minimum atomic E-state index is -0.247. The maximum Gasteiger partial charge on any atom is 0.162 e. The molecule has 1 aromatic carbocycles. The fourth-order valence-corrected chi connectivity index (χ4v) is 1.12. The van der Waals surface area contributed by atoms with Gasteiger partial charge >= 0.3 is 0 Å². The van der Waals surface area contributed by atoms with Crippen LogP contribution in [-0.2, 0) is 0 Å². The first-order chi connectivity index (χ1) is 6.77. The molecular formula is C10H8FN3. The zero-order valence-corrected chi connectivity index (χ0v) is 7.61. The fourth-order valence-electron chi connectivity index (χ4n) is 1.12. The van der Waals surface area contributed by atoms with Gasteiger partial charge in [0.2, 0.25) is 0 Å². The molecular weight excluding hydrogens is 181 g/mol. The Kier molecular flexibility index (Phi) is 2.18. The van der Waals surface area contributed by atoms with Crippen LogP contribution in [0.25, 0.3) is 11.4 Å². The molecule has 0 aliphatic rings. The third-order valence-corrected chi connectivity index (χ3v) is 1.92. The molecule has 1 aromatic heterocycles. The van der Waals surface area contributed by atoms with Crippen molar-refractivity contribution < 1.29 is 4.39 Å². The van der Waals surface area contributed by atoms with E-state index in [0.717, 1.165) is 0 Å². The van der Waals surface area contributed by atoms with Crippen molar-refractivity contribution in [3.05, 3.63) is 42.2 Å². The van der Waals surface area contributed by atoms with E-state index in [0.29, 0.717) is 17.0 Å². The first kappa shape index (κ1) is 8.74. The van der Waals surface area contributed by atoms with Crippen LogP contribution in [0.15, 0.2) is 30.9 Å². The first-order valence-electron chi connectivity index (χ1n) is 4.16. The minimum Gasteiger partial charge on any atom is -0.225 e. The Balaban J connectivity index is 2.48. The third-order valence-electron chi connectivity index (χ3n) is 1.92. The molecule has 2 rings (SSSR count). The Morgan fingerprint density at radius 1 is 1.14 bits per heavy atom. The Bertz CT molecular complexity index is 442. The number of aryl methyl sites for hydroxylation is 1. The predicted molar refractivity (Wildman–Crippen MR) is 50.0 cm³/mol. The Hall–Kier alpha value is -1.84. The average molecular weight is 189 g/mol. The lowest BCUT2D eigenvalue weighted by molar-refractivity contribution is 0.619. The van der Waals surface area contributed by atoms with Crippen LogP contribution in [0.1, 0.15) is 5.56 Å². The van der Waals surface area contributed by atoms with Gasteiger partial charge in [-0.3, -0.25) is 0 Å². The molecule has 0 spiro atoms.